The first-order valence-electron chi connectivity index (χ1n) is 3.71. The number of carboxylic acids is 1. The third kappa shape index (κ3) is 3.63. The maximum atomic E-state index is 11.8. The number of halogens is 3. The van der Waals surface area contributed by atoms with Gasteiger partial charge in [-0.25, -0.2) is 0 Å². The van der Waals surface area contributed by atoms with Crippen LogP contribution in [0.5, 0.6) is 0 Å². The lowest BCUT2D eigenvalue weighted by Crippen LogP contribution is -2.41. The van der Waals surface area contributed by atoms with Crippen LogP contribution in [0.2, 0.25) is 0 Å². The minimum absolute atomic E-state index is 0.346. The Hall–Kier alpha value is -1.27. The van der Waals surface area contributed by atoms with E-state index in [9.17, 15) is 22.8 Å². The van der Waals surface area contributed by atoms with E-state index >= 15 is 0 Å². The minimum Gasteiger partial charge on any atom is -0.481 e. The summed E-state index contributed by atoms with van der Waals surface area (Å²) in [4.78, 5) is 21.2. The molecule has 0 saturated carbocycles. The van der Waals surface area contributed by atoms with Crippen LogP contribution in [0.3, 0.4) is 0 Å². The van der Waals surface area contributed by atoms with Gasteiger partial charge in [-0.1, -0.05) is 6.92 Å². The molecule has 0 aliphatic heterocycles. The van der Waals surface area contributed by atoms with Gasteiger partial charge < -0.3 is 10.0 Å². The molecule has 0 aromatic carbocycles. The molecule has 1 atom stereocenters. The first kappa shape index (κ1) is 12.7. The van der Waals surface area contributed by atoms with Crippen LogP contribution in [-0.2, 0) is 9.59 Å². The SMILES string of the molecule is CC(CN(C)C(=O)C(F)(F)F)C(=O)O. The van der Waals surface area contributed by atoms with Crippen molar-refractivity contribution < 1.29 is 27.9 Å². The highest BCUT2D eigenvalue weighted by Gasteiger charge is 2.41. The molecular weight excluding hydrogens is 203 g/mol. The molecule has 0 radical (unpaired) electrons. The number of aliphatic carboxylic acids is 1. The highest BCUT2D eigenvalue weighted by atomic mass is 19.4. The molecule has 7 heteroatoms. The van der Waals surface area contributed by atoms with Crippen LogP contribution in [0.4, 0.5) is 13.2 Å². The van der Waals surface area contributed by atoms with Gasteiger partial charge in [-0.3, -0.25) is 9.59 Å². The molecule has 0 aromatic heterocycles. The molecule has 1 amide bonds. The summed E-state index contributed by atoms with van der Waals surface area (Å²) in [5.74, 6) is -4.30. The van der Waals surface area contributed by atoms with Crippen molar-refractivity contribution >= 4 is 11.9 Å². The number of hydrogen-bond acceptors (Lipinski definition) is 2. The van der Waals surface area contributed by atoms with E-state index in [1.807, 2.05) is 0 Å². The Kier molecular flexibility index (Phi) is 3.91. The van der Waals surface area contributed by atoms with Gasteiger partial charge in [0.2, 0.25) is 0 Å². The zero-order valence-corrected chi connectivity index (χ0v) is 7.63. The Labute approximate surface area is 78.3 Å². The smallest absolute Gasteiger partial charge is 0.471 e. The van der Waals surface area contributed by atoms with Crippen LogP contribution >= 0.6 is 0 Å². The molecule has 0 heterocycles. The molecule has 0 aliphatic carbocycles. The number of hydrogen-bond donors (Lipinski definition) is 1. The Morgan fingerprint density at radius 1 is 1.43 bits per heavy atom. The van der Waals surface area contributed by atoms with E-state index < -0.39 is 30.5 Å². The average Bonchev–Trinajstić information content (AvgIpc) is 2.00. The van der Waals surface area contributed by atoms with Gasteiger partial charge in [-0.15, -0.1) is 0 Å². The first-order chi connectivity index (χ1) is 6.16. The number of carbonyl (C=O) groups excluding carboxylic acids is 1. The zero-order chi connectivity index (χ0) is 11.5. The summed E-state index contributed by atoms with van der Waals surface area (Å²) < 4.78 is 35.4. The number of carbonyl (C=O) groups is 2. The number of carboxylic acid groups (broad SMARTS) is 1. The van der Waals surface area contributed by atoms with Crippen LogP contribution in [0.25, 0.3) is 0 Å². The normalized spacial score (nSPS) is 13.5. The predicted molar refractivity (Wildman–Crippen MR) is 40.5 cm³/mol. The lowest BCUT2D eigenvalue weighted by molar-refractivity contribution is -0.184. The fourth-order valence-corrected chi connectivity index (χ4v) is 0.788. The maximum Gasteiger partial charge on any atom is 0.471 e. The van der Waals surface area contributed by atoms with E-state index in [0.717, 1.165) is 7.05 Å². The van der Waals surface area contributed by atoms with Crippen LogP contribution in [0.15, 0.2) is 0 Å². The van der Waals surface area contributed by atoms with Gasteiger partial charge in [0.1, 0.15) is 0 Å². The molecule has 1 N–H and O–H groups in total. The van der Waals surface area contributed by atoms with E-state index in [2.05, 4.69) is 0 Å². The second-order valence-corrected chi connectivity index (χ2v) is 2.92. The summed E-state index contributed by atoms with van der Waals surface area (Å²) in [5, 5.41) is 8.40. The molecule has 14 heavy (non-hydrogen) atoms. The molecule has 4 nitrogen and oxygen atoms in total. The summed E-state index contributed by atoms with van der Waals surface area (Å²) in [6.45, 7) is 0.760. The summed E-state index contributed by atoms with van der Waals surface area (Å²) in [7, 11) is 0.912. The van der Waals surface area contributed by atoms with Crippen molar-refractivity contribution in [2.24, 2.45) is 5.92 Å². The van der Waals surface area contributed by atoms with Crippen molar-refractivity contribution in [2.45, 2.75) is 13.1 Å². The summed E-state index contributed by atoms with van der Waals surface area (Å²) >= 11 is 0. The number of alkyl halides is 3. The molecule has 0 rings (SSSR count). The largest absolute Gasteiger partial charge is 0.481 e. The molecule has 0 bridgehead atoms. The third-order valence-electron chi connectivity index (χ3n) is 1.56. The molecule has 0 spiro atoms. The van der Waals surface area contributed by atoms with Crippen molar-refractivity contribution in [1.82, 2.24) is 4.90 Å². The van der Waals surface area contributed by atoms with Crippen LogP contribution in [0.1, 0.15) is 6.92 Å². The van der Waals surface area contributed by atoms with E-state index in [0.29, 0.717) is 4.90 Å². The molecule has 0 aromatic rings. The zero-order valence-electron chi connectivity index (χ0n) is 7.63. The van der Waals surface area contributed by atoms with Crippen LogP contribution in [-0.4, -0.2) is 41.7 Å². The minimum atomic E-state index is -4.95. The predicted octanol–water partition coefficient (Wildman–Crippen LogP) is 0.728. The van der Waals surface area contributed by atoms with E-state index in [4.69, 9.17) is 5.11 Å². The van der Waals surface area contributed by atoms with E-state index in [-0.39, 0.29) is 0 Å². The molecule has 1 unspecified atom stereocenters. The van der Waals surface area contributed by atoms with Crippen molar-refractivity contribution in [2.75, 3.05) is 13.6 Å². The fraction of sp³-hybridized carbons (Fsp3) is 0.714. The number of rotatable bonds is 3. The third-order valence-corrected chi connectivity index (χ3v) is 1.56. The Balaban J connectivity index is 4.29. The monoisotopic (exact) mass is 213 g/mol. The quantitative estimate of drug-likeness (QED) is 0.751. The topological polar surface area (TPSA) is 57.6 Å². The molecule has 0 saturated heterocycles. The van der Waals surface area contributed by atoms with Gasteiger partial charge in [0.25, 0.3) is 0 Å². The van der Waals surface area contributed by atoms with E-state index in [1.54, 1.807) is 0 Å². The van der Waals surface area contributed by atoms with Crippen molar-refractivity contribution in [3.8, 4) is 0 Å². The number of nitrogens with zero attached hydrogens (tertiary/aromatic N) is 1. The Morgan fingerprint density at radius 2 is 1.86 bits per heavy atom. The molecule has 0 aliphatic rings. The highest BCUT2D eigenvalue weighted by molar-refractivity contribution is 5.82. The van der Waals surface area contributed by atoms with Crippen molar-refractivity contribution in [3.05, 3.63) is 0 Å². The summed E-state index contributed by atoms with van der Waals surface area (Å²) in [5.41, 5.74) is 0. The van der Waals surface area contributed by atoms with Crippen LogP contribution in [0, 0.1) is 5.92 Å². The van der Waals surface area contributed by atoms with Crippen molar-refractivity contribution in [3.63, 3.8) is 0 Å². The summed E-state index contributed by atoms with van der Waals surface area (Å²) in [6, 6.07) is 0. The molecular formula is C7H10F3NO3. The second kappa shape index (κ2) is 4.30. The van der Waals surface area contributed by atoms with Gasteiger partial charge in [-0.2, -0.15) is 13.2 Å². The standard InChI is InChI=1S/C7H10F3NO3/c1-4(5(12)13)3-11(2)6(14)7(8,9)10/h4H,3H2,1-2H3,(H,12,13). The van der Waals surface area contributed by atoms with Crippen LogP contribution < -0.4 is 0 Å². The lowest BCUT2D eigenvalue weighted by atomic mass is 10.2. The number of amides is 1. The second-order valence-electron chi connectivity index (χ2n) is 2.92. The molecule has 82 valence electrons. The average molecular weight is 213 g/mol. The molecule has 0 fully saturated rings. The van der Waals surface area contributed by atoms with Gasteiger partial charge in [0.05, 0.1) is 5.92 Å². The highest BCUT2D eigenvalue weighted by Crippen LogP contribution is 2.18. The lowest BCUT2D eigenvalue weighted by Gasteiger charge is -2.20. The summed E-state index contributed by atoms with van der Waals surface area (Å²) in [6.07, 6.45) is -4.95. The van der Waals surface area contributed by atoms with Gasteiger partial charge in [-0.05, 0) is 0 Å². The van der Waals surface area contributed by atoms with Crippen molar-refractivity contribution in [1.29, 1.82) is 0 Å². The van der Waals surface area contributed by atoms with Gasteiger partial charge >= 0.3 is 18.1 Å². The Morgan fingerprint density at radius 3 is 2.14 bits per heavy atom. The Bertz CT molecular complexity index is 239. The maximum absolute atomic E-state index is 11.8. The van der Waals surface area contributed by atoms with E-state index in [1.165, 1.54) is 6.92 Å². The van der Waals surface area contributed by atoms with Gasteiger partial charge in [0.15, 0.2) is 0 Å². The van der Waals surface area contributed by atoms with Gasteiger partial charge in [0, 0.05) is 13.6 Å². The fourth-order valence-electron chi connectivity index (χ4n) is 0.788. The first-order valence-corrected chi connectivity index (χ1v) is 3.71.